The van der Waals surface area contributed by atoms with Gasteiger partial charge in [0.2, 0.25) is 5.91 Å². The minimum Gasteiger partial charge on any atom is -0.378 e. The van der Waals surface area contributed by atoms with E-state index in [1.165, 1.54) is 0 Å². The fourth-order valence-electron chi connectivity index (χ4n) is 3.91. The molecule has 7 heteroatoms. The molecule has 0 saturated carbocycles. The molecule has 1 aromatic heterocycles. The molecule has 0 aliphatic carbocycles. The van der Waals surface area contributed by atoms with Gasteiger partial charge in [-0.15, -0.1) is 0 Å². The molecule has 0 radical (unpaired) electrons. The van der Waals surface area contributed by atoms with Crippen molar-refractivity contribution in [3.05, 3.63) is 54.4 Å². The van der Waals surface area contributed by atoms with Crippen molar-refractivity contribution >= 4 is 23.2 Å². The fraction of sp³-hybridized carbons (Fsp3) is 0.409. The number of ether oxygens (including phenoxy) is 1. The lowest BCUT2D eigenvalue weighted by atomic mass is 9.95. The molecule has 1 N–H and O–H groups in total. The molecule has 3 heterocycles. The van der Waals surface area contributed by atoms with Crippen molar-refractivity contribution in [1.29, 1.82) is 0 Å². The summed E-state index contributed by atoms with van der Waals surface area (Å²) >= 11 is 0. The predicted molar refractivity (Wildman–Crippen MR) is 111 cm³/mol. The number of carbonyl (C=O) groups excluding carboxylic acids is 2. The first kappa shape index (κ1) is 19.4. The third-order valence-corrected chi connectivity index (χ3v) is 5.58. The van der Waals surface area contributed by atoms with Crippen LogP contribution in [0.5, 0.6) is 0 Å². The lowest BCUT2D eigenvalue weighted by molar-refractivity contribution is -0.121. The number of morpholine rings is 1. The third-order valence-electron chi connectivity index (χ3n) is 5.58. The van der Waals surface area contributed by atoms with E-state index in [2.05, 4.69) is 15.2 Å². The van der Waals surface area contributed by atoms with E-state index in [1.807, 2.05) is 29.2 Å². The molecule has 2 amide bonds. The Morgan fingerprint density at radius 1 is 1.00 bits per heavy atom. The van der Waals surface area contributed by atoms with E-state index in [1.54, 1.807) is 24.5 Å². The number of nitrogens with one attached hydrogen (secondary N) is 1. The summed E-state index contributed by atoms with van der Waals surface area (Å²) in [5, 5.41) is 3.12. The van der Waals surface area contributed by atoms with Gasteiger partial charge in [0.05, 0.1) is 30.2 Å². The monoisotopic (exact) mass is 394 g/mol. The summed E-state index contributed by atoms with van der Waals surface area (Å²) in [6, 6.07) is 11.5. The smallest absolute Gasteiger partial charge is 0.255 e. The van der Waals surface area contributed by atoms with Gasteiger partial charge in [0.15, 0.2) is 0 Å². The zero-order valence-corrected chi connectivity index (χ0v) is 16.4. The van der Waals surface area contributed by atoms with Crippen LogP contribution in [-0.2, 0) is 9.53 Å². The lowest BCUT2D eigenvalue weighted by Gasteiger charge is -2.33. The first-order valence-corrected chi connectivity index (χ1v) is 10.1. The third kappa shape index (κ3) is 4.56. The summed E-state index contributed by atoms with van der Waals surface area (Å²) in [5.41, 5.74) is 2.47. The van der Waals surface area contributed by atoms with Gasteiger partial charge >= 0.3 is 0 Å². The van der Waals surface area contributed by atoms with Crippen LogP contribution in [0.3, 0.4) is 0 Å². The second-order valence-electron chi connectivity index (χ2n) is 7.41. The summed E-state index contributed by atoms with van der Waals surface area (Å²) in [5.74, 6) is -0.0838. The van der Waals surface area contributed by atoms with Crippen molar-refractivity contribution in [2.75, 3.05) is 49.6 Å². The highest BCUT2D eigenvalue weighted by atomic mass is 16.5. The summed E-state index contributed by atoms with van der Waals surface area (Å²) in [4.78, 5) is 33.5. The number of piperidine rings is 1. The van der Waals surface area contributed by atoms with Crippen molar-refractivity contribution < 1.29 is 14.3 Å². The Morgan fingerprint density at radius 3 is 2.48 bits per heavy atom. The van der Waals surface area contributed by atoms with Gasteiger partial charge in [0, 0.05) is 44.5 Å². The van der Waals surface area contributed by atoms with Crippen LogP contribution in [-0.4, -0.2) is 61.1 Å². The number of hydrogen-bond donors (Lipinski definition) is 1. The number of anilines is 2. The van der Waals surface area contributed by atoms with E-state index >= 15 is 0 Å². The average Bonchev–Trinajstić information content (AvgIpc) is 2.80. The predicted octanol–water partition coefficient (Wildman–Crippen LogP) is 2.41. The second-order valence-corrected chi connectivity index (χ2v) is 7.41. The van der Waals surface area contributed by atoms with Crippen molar-refractivity contribution in [3.8, 4) is 0 Å². The Hall–Kier alpha value is -2.93. The Morgan fingerprint density at radius 2 is 1.76 bits per heavy atom. The van der Waals surface area contributed by atoms with Crippen molar-refractivity contribution in [3.63, 3.8) is 0 Å². The van der Waals surface area contributed by atoms with E-state index < -0.39 is 0 Å². The molecule has 0 atom stereocenters. The number of benzene rings is 1. The molecule has 7 nitrogen and oxygen atoms in total. The minimum atomic E-state index is -0.0920. The Kier molecular flexibility index (Phi) is 6.05. The molecular weight excluding hydrogens is 368 g/mol. The summed E-state index contributed by atoms with van der Waals surface area (Å²) in [7, 11) is 0. The molecule has 2 aromatic rings. The Balaban J connectivity index is 1.35. The van der Waals surface area contributed by atoms with Gasteiger partial charge in [0.25, 0.3) is 5.91 Å². The van der Waals surface area contributed by atoms with Crippen LogP contribution in [0.15, 0.2) is 48.8 Å². The number of para-hydroxylation sites is 2. The first-order valence-electron chi connectivity index (χ1n) is 10.1. The largest absolute Gasteiger partial charge is 0.378 e. The van der Waals surface area contributed by atoms with Gasteiger partial charge in [-0.25, -0.2) is 0 Å². The van der Waals surface area contributed by atoms with Crippen LogP contribution < -0.4 is 10.2 Å². The molecule has 4 rings (SSSR count). The average molecular weight is 394 g/mol. The van der Waals surface area contributed by atoms with Crippen molar-refractivity contribution in [2.45, 2.75) is 12.8 Å². The molecule has 0 unspecified atom stereocenters. The van der Waals surface area contributed by atoms with Crippen LogP contribution in [0.2, 0.25) is 0 Å². The highest BCUT2D eigenvalue weighted by Crippen LogP contribution is 2.28. The standard InChI is InChI=1S/C22H26N4O3/c27-21(24-19-5-1-2-6-20(19)25-12-14-29-15-13-25)17-7-10-26(11-8-17)22(28)18-4-3-9-23-16-18/h1-6,9,16-17H,7-8,10-15H2,(H,24,27). The molecule has 2 saturated heterocycles. The number of rotatable bonds is 4. The van der Waals surface area contributed by atoms with E-state index in [9.17, 15) is 9.59 Å². The first-order chi connectivity index (χ1) is 14.2. The zero-order chi connectivity index (χ0) is 20.1. The summed E-state index contributed by atoms with van der Waals surface area (Å²) in [6.45, 7) is 4.20. The Labute approximate surface area is 170 Å². The van der Waals surface area contributed by atoms with Crippen LogP contribution in [0.25, 0.3) is 0 Å². The van der Waals surface area contributed by atoms with Crippen LogP contribution in [0.1, 0.15) is 23.2 Å². The van der Waals surface area contributed by atoms with Gasteiger partial charge in [-0.1, -0.05) is 12.1 Å². The highest BCUT2D eigenvalue weighted by Gasteiger charge is 2.28. The van der Waals surface area contributed by atoms with E-state index in [4.69, 9.17) is 4.74 Å². The van der Waals surface area contributed by atoms with Crippen molar-refractivity contribution in [1.82, 2.24) is 9.88 Å². The van der Waals surface area contributed by atoms with Gasteiger partial charge in [-0.3, -0.25) is 14.6 Å². The van der Waals surface area contributed by atoms with Gasteiger partial charge < -0.3 is 19.9 Å². The maximum atomic E-state index is 12.9. The highest BCUT2D eigenvalue weighted by molar-refractivity contribution is 5.97. The molecule has 0 spiro atoms. The number of nitrogens with zero attached hydrogens (tertiary/aromatic N) is 3. The molecule has 2 aliphatic heterocycles. The molecule has 2 fully saturated rings. The minimum absolute atomic E-state index is 0.0189. The molecule has 0 bridgehead atoms. The van der Waals surface area contributed by atoms with E-state index in [0.29, 0.717) is 44.7 Å². The SMILES string of the molecule is O=C(Nc1ccccc1N1CCOCC1)C1CCN(C(=O)c2cccnc2)CC1. The van der Waals surface area contributed by atoms with Gasteiger partial charge in [0.1, 0.15) is 0 Å². The Bertz CT molecular complexity index is 844. The second kappa shape index (κ2) is 9.05. The van der Waals surface area contributed by atoms with Crippen LogP contribution >= 0.6 is 0 Å². The molecule has 152 valence electrons. The van der Waals surface area contributed by atoms with E-state index in [-0.39, 0.29) is 17.7 Å². The normalized spacial score (nSPS) is 17.8. The van der Waals surface area contributed by atoms with Gasteiger partial charge in [-0.05, 0) is 37.1 Å². The maximum Gasteiger partial charge on any atom is 0.255 e. The number of aromatic nitrogens is 1. The van der Waals surface area contributed by atoms with E-state index in [0.717, 1.165) is 24.5 Å². The quantitative estimate of drug-likeness (QED) is 0.862. The number of hydrogen-bond acceptors (Lipinski definition) is 5. The van der Waals surface area contributed by atoms with Crippen LogP contribution in [0.4, 0.5) is 11.4 Å². The molecule has 29 heavy (non-hydrogen) atoms. The summed E-state index contributed by atoms with van der Waals surface area (Å²) < 4.78 is 5.43. The number of carbonyl (C=O) groups is 2. The number of pyridine rings is 1. The van der Waals surface area contributed by atoms with Crippen LogP contribution in [0, 0.1) is 5.92 Å². The fourth-order valence-corrected chi connectivity index (χ4v) is 3.91. The molecule has 1 aromatic carbocycles. The lowest BCUT2D eigenvalue weighted by Crippen LogP contribution is -2.41. The van der Waals surface area contributed by atoms with Gasteiger partial charge in [-0.2, -0.15) is 0 Å². The maximum absolute atomic E-state index is 12.9. The summed E-state index contributed by atoms with van der Waals surface area (Å²) in [6.07, 6.45) is 4.57. The zero-order valence-electron chi connectivity index (χ0n) is 16.4. The number of amides is 2. The van der Waals surface area contributed by atoms with Crippen molar-refractivity contribution in [2.24, 2.45) is 5.92 Å². The number of likely N-dealkylation sites (tertiary alicyclic amines) is 1. The molecular formula is C22H26N4O3. The molecule has 2 aliphatic rings. The topological polar surface area (TPSA) is 74.8 Å².